The van der Waals surface area contributed by atoms with E-state index in [1.54, 1.807) is 0 Å². The van der Waals surface area contributed by atoms with Gasteiger partial charge >= 0.3 is 5.97 Å². The van der Waals surface area contributed by atoms with E-state index in [0.29, 0.717) is 13.2 Å². The molecule has 1 rings (SSSR count). The lowest BCUT2D eigenvalue weighted by Crippen LogP contribution is -2.30. The largest absolute Gasteiger partial charge is 0.466 e. The number of carbonyl (C=O) groups excluding carboxylic acids is 1. The van der Waals surface area contributed by atoms with Crippen LogP contribution in [0.1, 0.15) is 25.8 Å². The van der Waals surface area contributed by atoms with Crippen molar-refractivity contribution in [2.24, 2.45) is 5.92 Å². The van der Waals surface area contributed by atoms with Crippen molar-refractivity contribution in [3.63, 3.8) is 0 Å². The summed E-state index contributed by atoms with van der Waals surface area (Å²) < 4.78 is 5.11. The highest BCUT2D eigenvalue weighted by Gasteiger charge is 2.18. The fourth-order valence-corrected chi connectivity index (χ4v) is 1.87. The zero-order valence-electron chi connectivity index (χ0n) is 11.7. The molecular weight excluding hydrogens is 262 g/mol. The van der Waals surface area contributed by atoms with Gasteiger partial charge in [0.15, 0.2) is 0 Å². The first-order valence-electron chi connectivity index (χ1n) is 6.69. The molecule has 0 amide bonds. The topological polar surface area (TPSA) is 38.3 Å². The molecule has 3 nitrogen and oxygen atoms in total. The van der Waals surface area contributed by atoms with E-state index in [0.717, 1.165) is 19.4 Å². The lowest BCUT2D eigenvalue weighted by atomic mass is 9.99. The molecule has 1 N–H and O–H groups in total. The first kappa shape index (κ1) is 17.9. The van der Waals surface area contributed by atoms with Crippen molar-refractivity contribution in [2.45, 2.75) is 26.7 Å². The van der Waals surface area contributed by atoms with Gasteiger partial charge in [-0.05, 0) is 31.9 Å². The second-order valence-corrected chi connectivity index (χ2v) is 4.28. The molecule has 108 valence electrons. The van der Waals surface area contributed by atoms with Gasteiger partial charge in [-0.1, -0.05) is 37.3 Å². The summed E-state index contributed by atoms with van der Waals surface area (Å²) in [5.74, 6) is -0.139. The zero-order valence-corrected chi connectivity index (χ0v) is 12.5. The van der Waals surface area contributed by atoms with Gasteiger partial charge in [0, 0.05) is 6.54 Å². The Hall–Kier alpha value is -1.06. The Balaban J connectivity index is 0.00000324. The fraction of sp³-hybridized carbons (Fsp3) is 0.533. The van der Waals surface area contributed by atoms with Crippen LogP contribution in [0.15, 0.2) is 30.3 Å². The first-order valence-corrected chi connectivity index (χ1v) is 6.69. The summed E-state index contributed by atoms with van der Waals surface area (Å²) >= 11 is 0. The minimum atomic E-state index is -0.0885. The van der Waals surface area contributed by atoms with Crippen LogP contribution < -0.4 is 5.32 Å². The molecule has 1 aromatic rings. The van der Waals surface area contributed by atoms with Gasteiger partial charge in [-0.3, -0.25) is 4.79 Å². The molecule has 0 saturated carbocycles. The minimum absolute atomic E-state index is 0. The number of hydrogen-bond acceptors (Lipinski definition) is 3. The number of halogens is 1. The summed E-state index contributed by atoms with van der Waals surface area (Å²) in [7, 11) is 0. The Morgan fingerprint density at radius 1 is 1.26 bits per heavy atom. The predicted octanol–water partition coefficient (Wildman–Crippen LogP) is 2.83. The maximum atomic E-state index is 11.8. The molecule has 0 aliphatic carbocycles. The van der Waals surface area contributed by atoms with E-state index in [-0.39, 0.29) is 24.3 Å². The average molecular weight is 286 g/mol. The normalized spacial score (nSPS) is 11.5. The van der Waals surface area contributed by atoms with Crippen molar-refractivity contribution < 1.29 is 9.53 Å². The van der Waals surface area contributed by atoms with Gasteiger partial charge in [0.2, 0.25) is 0 Å². The van der Waals surface area contributed by atoms with Crippen LogP contribution >= 0.6 is 12.4 Å². The van der Waals surface area contributed by atoms with Crippen LogP contribution in [0.25, 0.3) is 0 Å². The van der Waals surface area contributed by atoms with Crippen molar-refractivity contribution >= 4 is 18.4 Å². The Morgan fingerprint density at radius 3 is 2.53 bits per heavy atom. The Labute approximate surface area is 122 Å². The van der Waals surface area contributed by atoms with Crippen LogP contribution in [-0.4, -0.2) is 25.7 Å². The SMILES string of the molecule is CCNCC(CCc1ccccc1)C(=O)OCC.Cl. The third-order valence-electron chi connectivity index (χ3n) is 2.88. The lowest BCUT2D eigenvalue weighted by molar-refractivity contribution is -0.148. The van der Waals surface area contributed by atoms with E-state index < -0.39 is 0 Å². The average Bonchev–Trinajstić information content (AvgIpc) is 2.40. The summed E-state index contributed by atoms with van der Waals surface area (Å²) in [5, 5.41) is 3.22. The van der Waals surface area contributed by atoms with Crippen LogP contribution in [0.2, 0.25) is 0 Å². The molecule has 0 saturated heterocycles. The molecule has 0 fully saturated rings. The number of benzene rings is 1. The molecule has 1 atom stereocenters. The molecule has 0 bridgehead atoms. The Kier molecular flexibility index (Phi) is 10.2. The third kappa shape index (κ3) is 7.19. The Morgan fingerprint density at radius 2 is 1.95 bits per heavy atom. The maximum Gasteiger partial charge on any atom is 0.310 e. The fourth-order valence-electron chi connectivity index (χ4n) is 1.87. The molecule has 0 aliphatic rings. The van der Waals surface area contributed by atoms with E-state index in [1.807, 2.05) is 32.0 Å². The van der Waals surface area contributed by atoms with Gasteiger partial charge in [-0.2, -0.15) is 0 Å². The number of ether oxygens (including phenoxy) is 1. The van der Waals surface area contributed by atoms with Crippen LogP contribution in [0.5, 0.6) is 0 Å². The number of nitrogens with one attached hydrogen (secondary N) is 1. The summed E-state index contributed by atoms with van der Waals surface area (Å²) in [4.78, 5) is 11.8. The monoisotopic (exact) mass is 285 g/mol. The van der Waals surface area contributed by atoms with Crippen LogP contribution in [0.4, 0.5) is 0 Å². The second kappa shape index (κ2) is 10.8. The molecule has 0 radical (unpaired) electrons. The number of carbonyl (C=O) groups is 1. The highest BCUT2D eigenvalue weighted by atomic mass is 35.5. The molecule has 0 aromatic heterocycles. The van der Waals surface area contributed by atoms with Crippen LogP contribution in [-0.2, 0) is 16.0 Å². The first-order chi connectivity index (χ1) is 8.77. The molecule has 1 aromatic carbocycles. The van der Waals surface area contributed by atoms with Gasteiger partial charge in [-0.15, -0.1) is 12.4 Å². The molecule has 0 spiro atoms. The van der Waals surface area contributed by atoms with Crippen molar-refractivity contribution in [1.82, 2.24) is 5.32 Å². The highest BCUT2D eigenvalue weighted by molar-refractivity contribution is 5.85. The molecule has 0 aliphatic heterocycles. The van der Waals surface area contributed by atoms with E-state index in [9.17, 15) is 4.79 Å². The standard InChI is InChI=1S/C15H23NO2.ClH/c1-3-16-12-14(15(17)18-4-2)11-10-13-8-6-5-7-9-13;/h5-9,14,16H,3-4,10-12H2,1-2H3;1H. The second-order valence-electron chi connectivity index (χ2n) is 4.28. The smallest absolute Gasteiger partial charge is 0.310 e. The molecule has 1 unspecified atom stereocenters. The van der Waals surface area contributed by atoms with Crippen molar-refractivity contribution in [3.05, 3.63) is 35.9 Å². The van der Waals surface area contributed by atoms with E-state index in [4.69, 9.17) is 4.74 Å². The zero-order chi connectivity index (χ0) is 13.2. The van der Waals surface area contributed by atoms with E-state index in [2.05, 4.69) is 17.4 Å². The number of rotatable bonds is 8. The molecule has 4 heteroatoms. The van der Waals surface area contributed by atoms with E-state index in [1.165, 1.54) is 5.56 Å². The summed E-state index contributed by atoms with van der Waals surface area (Å²) in [6.07, 6.45) is 1.74. The number of aryl methyl sites for hydroxylation is 1. The molecular formula is C15H24ClNO2. The summed E-state index contributed by atoms with van der Waals surface area (Å²) in [6, 6.07) is 10.2. The van der Waals surface area contributed by atoms with Gasteiger partial charge in [0.1, 0.15) is 0 Å². The summed E-state index contributed by atoms with van der Waals surface area (Å²) in [5.41, 5.74) is 1.27. The third-order valence-corrected chi connectivity index (χ3v) is 2.88. The predicted molar refractivity (Wildman–Crippen MR) is 80.7 cm³/mol. The van der Waals surface area contributed by atoms with Gasteiger partial charge < -0.3 is 10.1 Å². The lowest BCUT2D eigenvalue weighted by Gasteiger charge is -2.15. The van der Waals surface area contributed by atoms with Crippen molar-refractivity contribution in [3.8, 4) is 0 Å². The molecule has 0 heterocycles. The summed E-state index contributed by atoms with van der Waals surface area (Å²) in [6.45, 7) is 5.91. The van der Waals surface area contributed by atoms with Gasteiger partial charge in [-0.25, -0.2) is 0 Å². The van der Waals surface area contributed by atoms with Crippen LogP contribution in [0.3, 0.4) is 0 Å². The number of esters is 1. The minimum Gasteiger partial charge on any atom is -0.466 e. The van der Waals surface area contributed by atoms with Crippen LogP contribution in [0, 0.1) is 5.92 Å². The van der Waals surface area contributed by atoms with Crippen molar-refractivity contribution in [1.29, 1.82) is 0 Å². The van der Waals surface area contributed by atoms with Gasteiger partial charge in [0.25, 0.3) is 0 Å². The molecule has 19 heavy (non-hydrogen) atoms. The maximum absolute atomic E-state index is 11.8. The van der Waals surface area contributed by atoms with Gasteiger partial charge in [0.05, 0.1) is 12.5 Å². The van der Waals surface area contributed by atoms with E-state index >= 15 is 0 Å². The Bertz CT molecular complexity index is 343. The highest BCUT2D eigenvalue weighted by Crippen LogP contribution is 2.11. The quantitative estimate of drug-likeness (QED) is 0.747. The van der Waals surface area contributed by atoms with Crippen molar-refractivity contribution in [2.75, 3.05) is 19.7 Å². The number of hydrogen-bond donors (Lipinski definition) is 1.